The van der Waals surface area contributed by atoms with Gasteiger partial charge in [0, 0.05) is 31.2 Å². The molecule has 0 radical (unpaired) electrons. The van der Waals surface area contributed by atoms with Crippen LogP contribution < -0.4 is 10.0 Å². The number of likely N-dealkylation sites (tertiary alicyclic amines) is 1. The highest BCUT2D eigenvalue weighted by molar-refractivity contribution is 7.89. The second-order valence-corrected chi connectivity index (χ2v) is 8.55. The van der Waals surface area contributed by atoms with Crippen molar-refractivity contribution in [3.05, 3.63) is 0 Å². The van der Waals surface area contributed by atoms with Crippen molar-refractivity contribution in [2.45, 2.75) is 57.2 Å². The molecule has 3 unspecified atom stereocenters. The highest BCUT2D eigenvalue weighted by Crippen LogP contribution is 2.34. The maximum Gasteiger partial charge on any atom is 0.227 e. The van der Waals surface area contributed by atoms with Crippen molar-refractivity contribution in [1.82, 2.24) is 14.9 Å². The van der Waals surface area contributed by atoms with Gasteiger partial charge in [-0.1, -0.05) is 0 Å². The number of piperidine rings is 1. The van der Waals surface area contributed by atoms with Crippen LogP contribution in [0.15, 0.2) is 0 Å². The van der Waals surface area contributed by atoms with E-state index in [4.69, 9.17) is 0 Å². The minimum atomic E-state index is -3.14. The van der Waals surface area contributed by atoms with Gasteiger partial charge in [-0.25, -0.2) is 13.1 Å². The summed E-state index contributed by atoms with van der Waals surface area (Å²) >= 11 is 0. The molecular formula is C14H25N3O3S. The van der Waals surface area contributed by atoms with Crippen molar-refractivity contribution in [3.8, 4) is 0 Å². The summed E-state index contributed by atoms with van der Waals surface area (Å²) < 4.78 is 25.9. The lowest BCUT2D eigenvalue weighted by atomic mass is 9.87. The van der Waals surface area contributed by atoms with E-state index in [0.29, 0.717) is 25.2 Å². The fourth-order valence-electron chi connectivity index (χ4n) is 3.89. The van der Waals surface area contributed by atoms with E-state index in [1.165, 1.54) is 6.42 Å². The zero-order valence-electron chi connectivity index (χ0n) is 12.5. The van der Waals surface area contributed by atoms with Crippen LogP contribution in [0.5, 0.6) is 0 Å². The van der Waals surface area contributed by atoms with Gasteiger partial charge in [-0.3, -0.25) is 4.79 Å². The first-order chi connectivity index (χ1) is 9.98. The topological polar surface area (TPSA) is 78.5 Å². The third-order valence-electron chi connectivity index (χ3n) is 5.15. The molecule has 120 valence electrons. The number of hydrogen-bond donors (Lipinski definition) is 2. The molecule has 3 fully saturated rings. The second-order valence-electron chi connectivity index (χ2n) is 6.51. The first-order valence-corrected chi connectivity index (χ1v) is 9.68. The summed E-state index contributed by atoms with van der Waals surface area (Å²) in [5.74, 6) is 0.530. The molecule has 1 amide bonds. The number of carbonyl (C=O) groups is 1. The third kappa shape index (κ3) is 3.24. The molecule has 3 atom stereocenters. The lowest BCUT2D eigenvalue weighted by Gasteiger charge is -2.35. The van der Waals surface area contributed by atoms with Crippen molar-refractivity contribution in [2.24, 2.45) is 5.92 Å². The highest BCUT2D eigenvalue weighted by atomic mass is 32.2. The van der Waals surface area contributed by atoms with Gasteiger partial charge >= 0.3 is 0 Å². The number of fused-ring (bicyclic) bond motifs is 2. The quantitative estimate of drug-likeness (QED) is 0.769. The lowest BCUT2D eigenvalue weighted by Crippen LogP contribution is -2.49. The molecule has 3 heterocycles. The predicted molar refractivity (Wildman–Crippen MR) is 80.3 cm³/mol. The Balaban J connectivity index is 1.50. The molecule has 2 N–H and O–H groups in total. The molecule has 3 aliphatic rings. The number of amides is 1. The number of carbonyl (C=O) groups excluding carboxylic acids is 1. The van der Waals surface area contributed by atoms with E-state index < -0.39 is 10.0 Å². The first kappa shape index (κ1) is 15.2. The van der Waals surface area contributed by atoms with E-state index in [0.717, 1.165) is 25.7 Å². The molecule has 0 saturated carbocycles. The van der Waals surface area contributed by atoms with Crippen LogP contribution in [-0.4, -0.2) is 56.2 Å². The van der Waals surface area contributed by atoms with Crippen LogP contribution in [-0.2, 0) is 14.8 Å². The first-order valence-electron chi connectivity index (χ1n) is 8.03. The highest BCUT2D eigenvalue weighted by Gasteiger charge is 2.44. The van der Waals surface area contributed by atoms with E-state index in [1.807, 2.05) is 4.90 Å². The lowest BCUT2D eigenvalue weighted by molar-refractivity contribution is -0.137. The van der Waals surface area contributed by atoms with E-state index in [-0.39, 0.29) is 23.6 Å². The fourth-order valence-corrected chi connectivity index (χ4v) is 4.80. The van der Waals surface area contributed by atoms with Gasteiger partial charge in [-0.15, -0.1) is 0 Å². The predicted octanol–water partition coefficient (Wildman–Crippen LogP) is 0.0572. The summed E-state index contributed by atoms with van der Waals surface area (Å²) in [4.78, 5) is 14.5. The molecule has 3 rings (SSSR count). The molecule has 2 bridgehead atoms. The Morgan fingerprint density at radius 2 is 1.95 bits per heavy atom. The Morgan fingerprint density at radius 1 is 1.24 bits per heavy atom. The Morgan fingerprint density at radius 3 is 2.48 bits per heavy atom. The van der Waals surface area contributed by atoms with Crippen LogP contribution in [0.3, 0.4) is 0 Å². The second kappa shape index (κ2) is 5.85. The van der Waals surface area contributed by atoms with Crippen molar-refractivity contribution in [2.75, 3.05) is 18.8 Å². The van der Waals surface area contributed by atoms with Crippen molar-refractivity contribution in [3.63, 3.8) is 0 Å². The zero-order chi connectivity index (χ0) is 15.0. The fraction of sp³-hybridized carbons (Fsp3) is 0.929. The van der Waals surface area contributed by atoms with Crippen molar-refractivity contribution >= 4 is 15.9 Å². The average Bonchev–Trinajstić information content (AvgIpc) is 3.10. The molecule has 0 aromatic carbocycles. The molecule has 6 nitrogen and oxygen atoms in total. The Bertz CT molecular complexity index is 500. The minimum Gasteiger partial charge on any atom is -0.342 e. The maximum absolute atomic E-state index is 12.6. The number of hydrogen-bond acceptors (Lipinski definition) is 4. The van der Waals surface area contributed by atoms with Crippen LogP contribution in [0, 0.1) is 5.92 Å². The molecule has 0 aliphatic carbocycles. The molecule has 3 aliphatic heterocycles. The van der Waals surface area contributed by atoms with E-state index >= 15 is 0 Å². The third-order valence-corrected chi connectivity index (χ3v) is 6.60. The Kier molecular flexibility index (Phi) is 4.25. The van der Waals surface area contributed by atoms with Crippen LogP contribution in [0.1, 0.15) is 39.0 Å². The van der Waals surface area contributed by atoms with Gasteiger partial charge in [-0.2, -0.15) is 0 Å². The van der Waals surface area contributed by atoms with Crippen molar-refractivity contribution < 1.29 is 13.2 Å². The van der Waals surface area contributed by atoms with Crippen molar-refractivity contribution in [1.29, 1.82) is 0 Å². The standard InChI is InChI=1S/C14H25N3O3S/c1-2-21(19,20)16-10-5-7-17(8-6-10)14(18)12-9-11-3-4-13(12)15-11/h10-13,15-16H,2-9H2,1H3. The van der Waals surface area contributed by atoms with Crippen LogP contribution in [0.25, 0.3) is 0 Å². The summed E-state index contributed by atoms with van der Waals surface area (Å²) in [6, 6.07) is 0.897. The van der Waals surface area contributed by atoms with Gasteiger partial charge in [0.05, 0.1) is 11.7 Å². The largest absolute Gasteiger partial charge is 0.342 e. The number of nitrogens with one attached hydrogen (secondary N) is 2. The summed E-state index contributed by atoms with van der Waals surface area (Å²) in [6.07, 6.45) is 4.74. The normalized spacial score (nSPS) is 33.6. The van der Waals surface area contributed by atoms with E-state index in [1.54, 1.807) is 6.92 Å². The monoisotopic (exact) mass is 315 g/mol. The van der Waals surface area contributed by atoms with E-state index in [9.17, 15) is 13.2 Å². The van der Waals surface area contributed by atoms with Gasteiger partial charge in [-0.05, 0) is 39.0 Å². The minimum absolute atomic E-state index is 0.0165. The molecular weight excluding hydrogens is 290 g/mol. The molecule has 0 aromatic heterocycles. The van der Waals surface area contributed by atoms with Crippen LogP contribution in [0.4, 0.5) is 0 Å². The van der Waals surface area contributed by atoms with Gasteiger partial charge < -0.3 is 10.2 Å². The summed E-state index contributed by atoms with van der Waals surface area (Å²) in [5, 5.41) is 3.51. The van der Waals surface area contributed by atoms with Crippen LogP contribution in [0.2, 0.25) is 0 Å². The zero-order valence-corrected chi connectivity index (χ0v) is 13.4. The smallest absolute Gasteiger partial charge is 0.227 e. The SMILES string of the molecule is CCS(=O)(=O)NC1CCN(C(=O)C2CC3CCC2N3)CC1. The molecule has 0 spiro atoms. The van der Waals surface area contributed by atoms with Gasteiger partial charge in [0.2, 0.25) is 15.9 Å². The summed E-state index contributed by atoms with van der Waals surface area (Å²) in [6.45, 7) is 2.98. The Hall–Kier alpha value is -0.660. The number of nitrogens with zero attached hydrogens (tertiary/aromatic N) is 1. The number of sulfonamides is 1. The average molecular weight is 315 g/mol. The van der Waals surface area contributed by atoms with Gasteiger partial charge in [0.1, 0.15) is 0 Å². The van der Waals surface area contributed by atoms with Gasteiger partial charge in [0.15, 0.2) is 0 Å². The maximum atomic E-state index is 12.6. The molecule has 7 heteroatoms. The summed E-state index contributed by atoms with van der Waals surface area (Å²) in [7, 11) is -3.14. The summed E-state index contributed by atoms with van der Waals surface area (Å²) in [5.41, 5.74) is 0. The molecule has 3 saturated heterocycles. The van der Waals surface area contributed by atoms with E-state index in [2.05, 4.69) is 10.0 Å². The van der Waals surface area contributed by atoms with Gasteiger partial charge in [0.25, 0.3) is 0 Å². The molecule has 21 heavy (non-hydrogen) atoms. The Labute approximate surface area is 126 Å². The molecule has 0 aromatic rings. The van der Waals surface area contributed by atoms with Crippen LogP contribution >= 0.6 is 0 Å². The number of rotatable bonds is 4.